The van der Waals surface area contributed by atoms with Gasteiger partial charge in [-0.3, -0.25) is 9.69 Å². The van der Waals surface area contributed by atoms with Crippen LogP contribution in [-0.2, 0) is 16.0 Å². The molecule has 1 aliphatic rings. The molecule has 7 nitrogen and oxygen atoms in total. The van der Waals surface area contributed by atoms with Crippen molar-refractivity contribution in [1.29, 1.82) is 0 Å². The maximum atomic E-state index is 12.3. The lowest BCUT2D eigenvalue weighted by Crippen LogP contribution is -2.45. The average molecular weight is 355 g/mol. The zero-order valence-corrected chi connectivity index (χ0v) is 15.4. The van der Waals surface area contributed by atoms with Gasteiger partial charge < -0.3 is 20.5 Å². The minimum atomic E-state index is -0.481. The number of rotatable bonds is 5. The number of hydrogen-bond donors (Lipinski definition) is 2. The Balaban J connectivity index is 2.37. The number of nitrogens with two attached hydrogens (primary N) is 1. The summed E-state index contributed by atoms with van der Waals surface area (Å²) >= 11 is 1.13. The zero-order valence-electron chi connectivity index (χ0n) is 14.5. The van der Waals surface area contributed by atoms with Crippen LogP contribution in [0.4, 0.5) is 5.00 Å². The van der Waals surface area contributed by atoms with Gasteiger partial charge in [-0.05, 0) is 20.8 Å². The van der Waals surface area contributed by atoms with Crippen LogP contribution in [0.1, 0.15) is 46.4 Å². The van der Waals surface area contributed by atoms with Gasteiger partial charge in [-0.2, -0.15) is 0 Å². The van der Waals surface area contributed by atoms with Crippen LogP contribution < -0.4 is 11.1 Å². The fraction of sp³-hybridized carbons (Fsp3) is 0.625. The minimum Gasteiger partial charge on any atom is -0.462 e. The van der Waals surface area contributed by atoms with Gasteiger partial charge in [0, 0.05) is 32.2 Å². The van der Waals surface area contributed by atoms with E-state index in [1.165, 1.54) is 0 Å². The second-order valence-corrected chi connectivity index (χ2v) is 6.95. The van der Waals surface area contributed by atoms with E-state index in [0.29, 0.717) is 27.5 Å². The van der Waals surface area contributed by atoms with Crippen LogP contribution in [0, 0.1) is 0 Å². The normalized spacial score (nSPS) is 21.5. The van der Waals surface area contributed by atoms with Gasteiger partial charge in [0.2, 0.25) is 0 Å². The highest BCUT2D eigenvalue weighted by molar-refractivity contribution is 7.18. The maximum absolute atomic E-state index is 12.3. The highest BCUT2D eigenvalue weighted by Gasteiger charge is 2.30. The Labute approximate surface area is 146 Å². The smallest absolute Gasteiger partial charge is 0.341 e. The molecular weight excluding hydrogens is 330 g/mol. The van der Waals surface area contributed by atoms with Crippen molar-refractivity contribution in [3.8, 4) is 0 Å². The van der Waals surface area contributed by atoms with Gasteiger partial charge in [-0.1, -0.05) is 0 Å². The van der Waals surface area contributed by atoms with Crippen molar-refractivity contribution in [3.05, 3.63) is 16.0 Å². The third-order valence-electron chi connectivity index (χ3n) is 3.82. The van der Waals surface area contributed by atoms with Crippen molar-refractivity contribution >= 4 is 28.2 Å². The number of nitrogen functional groups attached to an aromatic ring is 1. The van der Waals surface area contributed by atoms with Crippen molar-refractivity contribution in [3.63, 3.8) is 0 Å². The first-order valence-corrected chi connectivity index (χ1v) is 8.87. The summed E-state index contributed by atoms with van der Waals surface area (Å²) in [5.74, 6) is -0.725. The zero-order chi connectivity index (χ0) is 17.9. The Kier molecular flexibility index (Phi) is 6.20. The lowest BCUT2D eigenvalue weighted by Gasteiger charge is -2.35. The molecule has 0 spiro atoms. The van der Waals surface area contributed by atoms with Crippen molar-refractivity contribution in [2.75, 3.05) is 32.5 Å². The van der Waals surface area contributed by atoms with Gasteiger partial charge in [0.1, 0.15) is 5.00 Å². The van der Waals surface area contributed by atoms with Gasteiger partial charge in [-0.15, -0.1) is 11.3 Å². The molecule has 1 saturated heterocycles. The second-order valence-electron chi connectivity index (χ2n) is 5.90. The molecule has 0 unspecified atom stereocenters. The highest BCUT2D eigenvalue weighted by atomic mass is 32.1. The molecule has 0 radical (unpaired) electrons. The van der Waals surface area contributed by atoms with Crippen molar-refractivity contribution < 1.29 is 19.1 Å². The molecule has 3 N–H and O–H groups in total. The summed E-state index contributed by atoms with van der Waals surface area (Å²) < 4.78 is 10.9. The third kappa shape index (κ3) is 4.06. The number of thiophene rings is 1. The molecule has 134 valence electrons. The van der Waals surface area contributed by atoms with Crippen LogP contribution in [0.3, 0.4) is 0 Å². The van der Waals surface area contributed by atoms with E-state index in [0.717, 1.165) is 24.4 Å². The summed E-state index contributed by atoms with van der Waals surface area (Å²) in [6.07, 6.45) is 0.193. The summed E-state index contributed by atoms with van der Waals surface area (Å²) in [6.45, 7) is 7.94. The molecule has 1 fully saturated rings. The summed E-state index contributed by atoms with van der Waals surface area (Å²) in [4.78, 5) is 27.1. The van der Waals surface area contributed by atoms with Gasteiger partial charge in [-0.25, -0.2) is 4.79 Å². The SMILES string of the molecule is CCOC(=O)c1c(N)sc(C(=O)NC)c1CN1C[C@@H](C)O[C@H](C)C1. The summed E-state index contributed by atoms with van der Waals surface area (Å²) in [7, 11) is 1.56. The van der Waals surface area contributed by atoms with Crippen LogP contribution in [-0.4, -0.2) is 55.7 Å². The lowest BCUT2D eigenvalue weighted by molar-refractivity contribution is -0.0705. The Morgan fingerprint density at radius 3 is 2.54 bits per heavy atom. The molecule has 1 aromatic rings. The second kappa shape index (κ2) is 7.96. The number of anilines is 1. The number of hydrogen-bond acceptors (Lipinski definition) is 7. The van der Waals surface area contributed by atoms with Gasteiger partial charge in [0.15, 0.2) is 0 Å². The molecular formula is C16H25N3O4S. The van der Waals surface area contributed by atoms with E-state index in [2.05, 4.69) is 10.2 Å². The van der Waals surface area contributed by atoms with Gasteiger partial charge in [0.25, 0.3) is 5.91 Å². The van der Waals surface area contributed by atoms with Gasteiger partial charge >= 0.3 is 5.97 Å². The predicted molar refractivity (Wildman–Crippen MR) is 93.4 cm³/mol. The molecule has 0 bridgehead atoms. The molecule has 1 aliphatic heterocycles. The Morgan fingerprint density at radius 1 is 1.38 bits per heavy atom. The van der Waals surface area contributed by atoms with E-state index in [1.807, 2.05) is 13.8 Å². The van der Waals surface area contributed by atoms with Crippen molar-refractivity contribution in [2.45, 2.75) is 39.5 Å². The number of ether oxygens (including phenoxy) is 2. The number of carbonyl (C=O) groups is 2. The van der Waals surface area contributed by atoms with Crippen molar-refractivity contribution in [1.82, 2.24) is 10.2 Å². The Morgan fingerprint density at radius 2 is 2.00 bits per heavy atom. The fourth-order valence-electron chi connectivity index (χ4n) is 3.00. The first-order chi connectivity index (χ1) is 11.4. The lowest BCUT2D eigenvalue weighted by atomic mass is 10.1. The molecule has 24 heavy (non-hydrogen) atoms. The fourth-order valence-corrected chi connectivity index (χ4v) is 4.01. The molecule has 2 heterocycles. The largest absolute Gasteiger partial charge is 0.462 e. The topological polar surface area (TPSA) is 93.9 Å². The number of nitrogens with one attached hydrogen (secondary N) is 1. The first-order valence-electron chi connectivity index (χ1n) is 8.05. The molecule has 2 rings (SSSR count). The number of esters is 1. The average Bonchev–Trinajstić information content (AvgIpc) is 2.82. The maximum Gasteiger partial charge on any atom is 0.341 e. The number of carbonyl (C=O) groups excluding carboxylic acids is 2. The van der Waals surface area contributed by atoms with Gasteiger partial charge in [0.05, 0.1) is 29.3 Å². The summed E-state index contributed by atoms with van der Waals surface area (Å²) in [5, 5.41) is 2.92. The third-order valence-corrected chi connectivity index (χ3v) is 4.88. The summed E-state index contributed by atoms with van der Waals surface area (Å²) in [6, 6.07) is 0. The molecule has 8 heteroatoms. The van der Waals surface area contributed by atoms with Crippen LogP contribution in [0.15, 0.2) is 0 Å². The van der Waals surface area contributed by atoms with E-state index in [-0.39, 0.29) is 24.7 Å². The number of morpholine rings is 1. The standard InChI is InChI=1S/C16H25N3O4S/c1-5-22-16(21)12-11(13(15(20)18-4)24-14(12)17)8-19-6-9(2)23-10(3)7-19/h9-10H,5-8,17H2,1-4H3,(H,18,20)/t9-,10-/m1/s1. The van der Waals surface area contributed by atoms with Crippen LogP contribution in [0.5, 0.6) is 0 Å². The number of nitrogens with zero attached hydrogens (tertiary/aromatic N) is 1. The summed E-state index contributed by atoms with van der Waals surface area (Å²) in [5.41, 5.74) is 6.97. The minimum absolute atomic E-state index is 0.0965. The van der Waals surface area contributed by atoms with E-state index in [1.54, 1.807) is 14.0 Å². The van der Waals surface area contributed by atoms with Crippen molar-refractivity contribution in [2.24, 2.45) is 0 Å². The van der Waals surface area contributed by atoms with E-state index < -0.39 is 5.97 Å². The highest BCUT2D eigenvalue weighted by Crippen LogP contribution is 2.33. The molecule has 0 aliphatic carbocycles. The molecule has 1 aromatic heterocycles. The molecule has 0 saturated carbocycles. The first kappa shape index (κ1) is 18.7. The van der Waals surface area contributed by atoms with E-state index in [4.69, 9.17) is 15.2 Å². The number of amides is 1. The van der Waals surface area contributed by atoms with E-state index >= 15 is 0 Å². The monoisotopic (exact) mass is 355 g/mol. The quantitative estimate of drug-likeness (QED) is 0.777. The van der Waals surface area contributed by atoms with E-state index in [9.17, 15) is 9.59 Å². The van der Waals surface area contributed by atoms with Crippen LogP contribution in [0.2, 0.25) is 0 Å². The Hall–Kier alpha value is -1.64. The Bertz CT molecular complexity index is 607. The molecule has 2 atom stereocenters. The van der Waals surface area contributed by atoms with Crippen LogP contribution >= 0.6 is 11.3 Å². The van der Waals surface area contributed by atoms with Crippen LogP contribution in [0.25, 0.3) is 0 Å². The molecule has 1 amide bonds. The molecule has 0 aromatic carbocycles. The predicted octanol–water partition coefficient (Wildman–Crippen LogP) is 1.48.